The molecule has 5 nitrogen and oxygen atoms in total. The molecule has 14 heavy (non-hydrogen) atoms. The molecule has 0 aliphatic rings. The largest absolute Gasteiger partial charge is 1.00 e. The number of nitrogens with zero attached hydrogens (tertiary/aromatic N) is 2. The molecule has 66 valence electrons. The van der Waals surface area contributed by atoms with E-state index in [4.69, 9.17) is 0 Å². The van der Waals surface area contributed by atoms with Crippen LogP contribution in [0.5, 0.6) is 0 Å². The van der Waals surface area contributed by atoms with Crippen molar-refractivity contribution in [3.05, 3.63) is 24.3 Å². The van der Waals surface area contributed by atoms with E-state index in [2.05, 4.69) is 9.97 Å². The predicted octanol–water partition coefficient (Wildman–Crippen LogP) is -6.45. The molecule has 0 fully saturated rings. The van der Waals surface area contributed by atoms with Crippen LogP contribution in [0.15, 0.2) is 18.6 Å². The molecule has 0 amide bonds. The normalized spacial score (nSPS) is 9.86. The molecule has 9 heteroatoms. The van der Waals surface area contributed by atoms with Crippen molar-refractivity contribution >= 4 is 18.2 Å². The van der Waals surface area contributed by atoms with Gasteiger partial charge in [0.05, 0.1) is 5.69 Å². The molecule has 1 aromatic rings. The number of rotatable bonds is 3. The summed E-state index contributed by atoms with van der Waals surface area (Å²) >= 11 is 0.341. The van der Waals surface area contributed by atoms with E-state index in [0.29, 0.717) is 17.1 Å². The third kappa shape index (κ3) is 8.11. The first kappa shape index (κ1) is 17.2. The van der Waals surface area contributed by atoms with Crippen LogP contribution in [0.3, 0.4) is 0 Å². The fourth-order valence-electron chi connectivity index (χ4n) is 0.549. The summed E-state index contributed by atoms with van der Waals surface area (Å²) in [6.07, 6.45) is 2.79. The van der Waals surface area contributed by atoms with Gasteiger partial charge in [0.2, 0.25) is 0 Å². The third-order valence-corrected chi connectivity index (χ3v) is 3.09. The molecule has 0 radical (unpaired) electrons. The Hall–Kier alpha value is 0.775. The first-order chi connectivity index (χ1) is 5.58. The quantitative estimate of drug-likeness (QED) is 0.370. The van der Waals surface area contributed by atoms with Crippen LogP contribution in [0, 0.1) is 0 Å². The van der Waals surface area contributed by atoms with Crippen LogP contribution in [0.25, 0.3) is 0 Å². The summed E-state index contributed by atoms with van der Waals surface area (Å²) < 4.78 is 10.2. The Morgan fingerprint density at radius 3 is 2.50 bits per heavy atom. The zero-order valence-corrected chi connectivity index (χ0v) is 9.62. The van der Waals surface area contributed by atoms with Crippen LogP contribution >= 0.6 is 18.2 Å². The van der Waals surface area contributed by atoms with Gasteiger partial charge < -0.3 is 14.4 Å². The SMILES string of the molecule is O=P([O-])([O-])SCc1ccncn1.[Li+].[Li+]. The van der Waals surface area contributed by atoms with Crippen LogP contribution in [0.4, 0.5) is 0 Å². The summed E-state index contributed by atoms with van der Waals surface area (Å²) in [5.41, 5.74) is 0.530. The molecule has 0 spiro atoms. The van der Waals surface area contributed by atoms with Crippen molar-refractivity contribution in [2.75, 3.05) is 0 Å². The number of aromatic nitrogens is 2. The topological polar surface area (TPSA) is 89.0 Å². The summed E-state index contributed by atoms with van der Waals surface area (Å²) in [7, 11) is 0. The first-order valence-corrected chi connectivity index (χ1v) is 6.13. The van der Waals surface area contributed by atoms with Gasteiger partial charge in [0.25, 0.3) is 0 Å². The molecule has 0 aliphatic carbocycles. The van der Waals surface area contributed by atoms with Crippen LogP contribution in [-0.4, -0.2) is 9.97 Å². The van der Waals surface area contributed by atoms with Gasteiger partial charge in [-0.15, -0.1) is 11.4 Å². The molecule has 0 saturated carbocycles. The van der Waals surface area contributed by atoms with Gasteiger partial charge in [-0.25, -0.2) is 9.97 Å². The maximum absolute atomic E-state index is 10.2. The molecule has 0 atom stereocenters. The van der Waals surface area contributed by atoms with Gasteiger partial charge in [0, 0.05) is 11.9 Å². The Bertz CT molecular complexity index is 296. The minimum Gasteiger partial charge on any atom is -0.803 e. The number of hydrogen-bond acceptors (Lipinski definition) is 6. The van der Waals surface area contributed by atoms with Crippen molar-refractivity contribution in [2.45, 2.75) is 5.75 Å². The molecule has 0 unspecified atom stereocenters. The summed E-state index contributed by atoms with van der Waals surface area (Å²) in [6.45, 7) is -4.47. The summed E-state index contributed by atoms with van der Waals surface area (Å²) in [5.74, 6) is 0.0762. The van der Waals surface area contributed by atoms with Crippen LogP contribution in [-0.2, 0) is 10.3 Å². The third-order valence-electron chi connectivity index (χ3n) is 1.01. The molecule has 0 N–H and O–H groups in total. The zero-order chi connectivity index (χ0) is 9.03. The fraction of sp³-hybridized carbons (Fsp3) is 0.200. The molecular formula is C5H5Li2N2O3PS. The zero-order valence-electron chi connectivity index (χ0n) is 7.91. The van der Waals surface area contributed by atoms with Gasteiger partial charge in [0.1, 0.15) is 6.33 Å². The average molecular weight is 218 g/mol. The second-order valence-electron chi connectivity index (χ2n) is 1.92. The monoisotopic (exact) mass is 218 g/mol. The molecule has 1 rings (SSSR count). The van der Waals surface area contributed by atoms with Crippen molar-refractivity contribution in [2.24, 2.45) is 0 Å². The minimum absolute atomic E-state index is 0. The van der Waals surface area contributed by atoms with Crippen molar-refractivity contribution < 1.29 is 52.1 Å². The van der Waals surface area contributed by atoms with E-state index in [0.717, 1.165) is 0 Å². The molecule has 1 heterocycles. The molecular weight excluding hydrogens is 213 g/mol. The Morgan fingerprint density at radius 1 is 1.43 bits per heavy atom. The van der Waals surface area contributed by atoms with Gasteiger partial charge in [-0.05, 0) is 12.9 Å². The van der Waals surface area contributed by atoms with E-state index >= 15 is 0 Å². The van der Waals surface area contributed by atoms with E-state index in [9.17, 15) is 14.4 Å². The van der Waals surface area contributed by atoms with Crippen LogP contribution in [0.1, 0.15) is 5.69 Å². The summed E-state index contributed by atoms with van der Waals surface area (Å²) in [5, 5.41) is 0. The first-order valence-electron chi connectivity index (χ1n) is 2.99. The second-order valence-corrected chi connectivity index (χ2v) is 5.48. The van der Waals surface area contributed by atoms with Crippen LogP contribution < -0.4 is 47.5 Å². The Labute approximate surface area is 110 Å². The predicted molar refractivity (Wildman–Crippen MR) is 40.9 cm³/mol. The van der Waals surface area contributed by atoms with Crippen molar-refractivity contribution in [1.82, 2.24) is 9.97 Å². The maximum Gasteiger partial charge on any atom is 1.00 e. The number of hydrogen-bond donors (Lipinski definition) is 0. The summed E-state index contributed by atoms with van der Waals surface area (Å²) in [4.78, 5) is 27.8. The van der Waals surface area contributed by atoms with Crippen molar-refractivity contribution in [3.63, 3.8) is 0 Å². The van der Waals surface area contributed by atoms with Gasteiger partial charge in [-0.1, -0.05) is 0 Å². The standard InChI is InChI=1S/C5H7N2O3PS.2Li/c8-11(9,10)12-3-5-1-2-6-4-7-5;;/h1-2,4H,3H2,(H2,8,9,10);;/q;2*+1/p-2. The average Bonchev–Trinajstić information content (AvgIpc) is 2.02. The van der Waals surface area contributed by atoms with Crippen molar-refractivity contribution in [3.8, 4) is 0 Å². The Kier molecular flexibility index (Phi) is 9.80. The molecule has 0 bridgehead atoms. The minimum atomic E-state index is -4.47. The smallest absolute Gasteiger partial charge is 0.803 e. The molecule has 1 aromatic heterocycles. The van der Waals surface area contributed by atoms with Crippen molar-refractivity contribution in [1.29, 1.82) is 0 Å². The van der Waals surface area contributed by atoms with E-state index < -0.39 is 6.80 Å². The fourth-order valence-corrected chi connectivity index (χ4v) is 1.88. The molecule has 0 aliphatic heterocycles. The van der Waals surface area contributed by atoms with Gasteiger partial charge in [-0.2, -0.15) is 0 Å². The maximum atomic E-state index is 10.2. The van der Waals surface area contributed by atoms with E-state index in [1.54, 1.807) is 6.07 Å². The summed E-state index contributed by atoms with van der Waals surface area (Å²) in [6, 6.07) is 1.56. The Morgan fingerprint density at radius 2 is 2.07 bits per heavy atom. The Balaban J connectivity index is 0. The molecule has 0 saturated heterocycles. The molecule has 0 aromatic carbocycles. The van der Waals surface area contributed by atoms with Gasteiger partial charge in [-0.3, -0.25) is 0 Å². The second kappa shape index (κ2) is 7.99. The van der Waals surface area contributed by atoms with E-state index in [-0.39, 0.29) is 43.5 Å². The van der Waals surface area contributed by atoms with Crippen LogP contribution in [0.2, 0.25) is 0 Å². The van der Waals surface area contributed by atoms with Gasteiger partial charge in [0.15, 0.2) is 0 Å². The van der Waals surface area contributed by atoms with E-state index in [1.165, 1.54) is 12.5 Å². The van der Waals surface area contributed by atoms with Gasteiger partial charge >= 0.3 is 37.7 Å². The van der Waals surface area contributed by atoms with E-state index in [1.807, 2.05) is 0 Å².